The van der Waals surface area contributed by atoms with Gasteiger partial charge in [0.25, 0.3) is 0 Å². The Labute approximate surface area is 157 Å². The Bertz CT molecular complexity index is 892. The molecular weight excluding hydrogens is 350 g/mol. The number of rotatable bonds is 8. The number of aliphatic carboxylic acids is 2. The molecule has 2 rings (SSSR count). The predicted octanol–water partition coefficient (Wildman–Crippen LogP) is 2.86. The van der Waals surface area contributed by atoms with Crippen LogP contribution in [0.1, 0.15) is 32.8 Å². The van der Waals surface area contributed by atoms with Gasteiger partial charge in [-0.1, -0.05) is 19.9 Å². The standard InChI is InChI=1S/C19H23N3O5/c1-5-11-8-9-13-12(10-11)16(21-19(20-13)27-4)22(7-3)14(6-2)15(17(23)24)18(25)26/h8-10H,5-7H2,1-4H3,(H,23,24)(H,25,26). The maximum absolute atomic E-state index is 11.6. The molecule has 0 saturated heterocycles. The van der Waals surface area contributed by atoms with Gasteiger partial charge in [0.05, 0.1) is 12.6 Å². The normalized spacial score (nSPS) is 10.5. The first-order chi connectivity index (χ1) is 12.9. The van der Waals surface area contributed by atoms with Gasteiger partial charge in [-0.3, -0.25) is 0 Å². The molecule has 0 amide bonds. The molecule has 0 unspecified atom stereocenters. The van der Waals surface area contributed by atoms with Crippen molar-refractivity contribution in [2.45, 2.75) is 33.6 Å². The molecule has 0 atom stereocenters. The van der Waals surface area contributed by atoms with E-state index in [1.165, 1.54) is 7.11 Å². The molecule has 2 aromatic rings. The van der Waals surface area contributed by atoms with Gasteiger partial charge < -0.3 is 19.8 Å². The molecule has 1 heterocycles. The van der Waals surface area contributed by atoms with Crippen LogP contribution >= 0.6 is 0 Å². The Hall–Kier alpha value is -3.16. The number of methoxy groups -OCH3 is 1. The minimum atomic E-state index is -1.49. The van der Waals surface area contributed by atoms with Gasteiger partial charge in [0, 0.05) is 17.6 Å². The number of fused-ring (bicyclic) bond motifs is 1. The van der Waals surface area contributed by atoms with Crippen LogP contribution in [0, 0.1) is 0 Å². The number of anilines is 1. The first kappa shape index (κ1) is 20.2. The van der Waals surface area contributed by atoms with Gasteiger partial charge in [0.15, 0.2) is 5.57 Å². The van der Waals surface area contributed by atoms with Crippen molar-refractivity contribution < 1.29 is 24.5 Å². The summed E-state index contributed by atoms with van der Waals surface area (Å²) in [4.78, 5) is 33.5. The molecule has 8 heteroatoms. The van der Waals surface area contributed by atoms with Crippen LogP contribution in [-0.2, 0) is 16.0 Å². The molecule has 2 N–H and O–H groups in total. The summed E-state index contributed by atoms with van der Waals surface area (Å²) >= 11 is 0. The summed E-state index contributed by atoms with van der Waals surface area (Å²) in [7, 11) is 1.44. The van der Waals surface area contributed by atoms with Crippen molar-refractivity contribution in [1.29, 1.82) is 0 Å². The minimum absolute atomic E-state index is 0.128. The number of aromatic nitrogens is 2. The van der Waals surface area contributed by atoms with Gasteiger partial charge in [0.2, 0.25) is 0 Å². The van der Waals surface area contributed by atoms with E-state index >= 15 is 0 Å². The number of aryl methyl sites for hydroxylation is 1. The molecule has 144 valence electrons. The number of carboxylic acid groups (broad SMARTS) is 2. The summed E-state index contributed by atoms with van der Waals surface area (Å²) in [6, 6.07) is 5.86. The smallest absolute Gasteiger partial charge is 0.344 e. The number of ether oxygens (including phenoxy) is 1. The first-order valence-electron chi connectivity index (χ1n) is 8.69. The lowest BCUT2D eigenvalue weighted by atomic mass is 10.1. The van der Waals surface area contributed by atoms with E-state index in [4.69, 9.17) is 4.74 Å². The van der Waals surface area contributed by atoms with Crippen LogP contribution in [0.4, 0.5) is 5.82 Å². The van der Waals surface area contributed by atoms with E-state index in [0.717, 1.165) is 12.0 Å². The van der Waals surface area contributed by atoms with Crippen LogP contribution in [-0.4, -0.2) is 45.8 Å². The van der Waals surface area contributed by atoms with Gasteiger partial charge in [-0.15, -0.1) is 0 Å². The molecule has 1 aromatic heterocycles. The highest BCUT2D eigenvalue weighted by atomic mass is 16.5. The number of nitrogens with zero attached hydrogens (tertiary/aromatic N) is 3. The van der Waals surface area contributed by atoms with Crippen molar-refractivity contribution in [3.63, 3.8) is 0 Å². The second kappa shape index (κ2) is 8.48. The number of hydrogen-bond donors (Lipinski definition) is 2. The summed E-state index contributed by atoms with van der Waals surface area (Å²) in [5, 5.41) is 19.5. The van der Waals surface area contributed by atoms with Crippen molar-refractivity contribution >= 4 is 28.7 Å². The number of carbonyl (C=O) groups is 2. The Morgan fingerprint density at radius 1 is 1.11 bits per heavy atom. The molecule has 0 bridgehead atoms. The third-order valence-electron chi connectivity index (χ3n) is 4.26. The Kier molecular flexibility index (Phi) is 6.33. The van der Waals surface area contributed by atoms with Gasteiger partial charge in [-0.2, -0.15) is 9.97 Å². The SMILES string of the molecule is CCC(=C(C(=O)O)C(=O)O)N(CC)c1nc(OC)nc2ccc(CC)cc12. The lowest BCUT2D eigenvalue weighted by molar-refractivity contribution is -0.140. The summed E-state index contributed by atoms with van der Waals surface area (Å²) in [6.45, 7) is 5.87. The summed E-state index contributed by atoms with van der Waals surface area (Å²) in [6.07, 6.45) is 1.02. The first-order valence-corrected chi connectivity index (χ1v) is 8.69. The average molecular weight is 373 g/mol. The predicted molar refractivity (Wildman–Crippen MR) is 101 cm³/mol. The van der Waals surface area contributed by atoms with Crippen LogP contribution in [0.2, 0.25) is 0 Å². The van der Waals surface area contributed by atoms with Crippen LogP contribution in [0.15, 0.2) is 29.5 Å². The molecule has 0 fully saturated rings. The molecule has 0 aliphatic rings. The fourth-order valence-electron chi connectivity index (χ4n) is 2.97. The lowest BCUT2D eigenvalue weighted by Crippen LogP contribution is -2.29. The molecule has 0 saturated carbocycles. The highest BCUT2D eigenvalue weighted by Gasteiger charge is 2.27. The maximum Gasteiger partial charge on any atom is 0.344 e. The third-order valence-corrected chi connectivity index (χ3v) is 4.26. The van der Waals surface area contributed by atoms with Gasteiger partial charge >= 0.3 is 17.9 Å². The quantitative estimate of drug-likeness (QED) is 0.413. The van der Waals surface area contributed by atoms with Crippen LogP contribution in [0.3, 0.4) is 0 Å². The van der Waals surface area contributed by atoms with E-state index in [9.17, 15) is 19.8 Å². The maximum atomic E-state index is 11.6. The molecule has 0 aliphatic heterocycles. The van der Waals surface area contributed by atoms with Crippen molar-refractivity contribution in [2.75, 3.05) is 18.6 Å². The molecule has 0 radical (unpaired) electrons. The van der Waals surface area contributed by atoms with E-state index in [2.05, 4.69) is 9.97 Å². The fraction of sp³-hybridized carbons (Fsp3) is 0.368. The van der Waals surface area contributed by atoms with Crippen LogP contribution in [0.5, 0.6) is 6.01 Å². The number of carboxylic acids is 2. The third kappa shape index (κ3) is 3.99. The Morgan fingerprint density at radius 2 is 1.78 bits per heavy atom. The summed E-state index contributed by atoms with van der Waals surface area (Å²) < 4.78 is 5.19. The highest BCUT2D eigenvalue weighted by Crippen LogP contribution is 2.31. The molecule has 0 aliphatic carbocycles. The molecule has 1 aromatic carbocycles. The molecule has 0 spiro atoms. The van der Waals surface area contributed by atoms with Crippen molar-refractivity contribution in [2.24, 2.45) is 0 Å². The Balaban J connectivity index is 2.85. The summed E-state index contributed by atoms with van der Waals surface area (Å²) in [5.41, 5.74) is 1.20. The van der Waals surface area contributed by atoms with E-state index < -0.39 is 17.5 Å². The topological polar surface area (TPSA) is 113 Å². The fourth-order valence-corrected chi connectivity index (χ4v) is 2.97. The van der Waals surface area contributed by atoms with Gasteiger partial charge in [-0.25, -0.2) is 9.59 Å². The molecular formula is C19H23N3O5. The minimum Gasteiger partial charge on any atom is -0.477 e. The second-order valence-corrected chi connectivity index (χ2v) is 5.77. The molecule has 27 heavy (non-hydrogen) atoms. The molecule has 8 nitrogen and oxygen atoms in total. The monoisotopic (exact) mass is 373 g/mol. The van der Waals surface area contributed by atoms with Crippen LogP contribution in [0.25, 0.3) is 10.9 Å². The lowest BCUT2D eigenvalue weighted by Gasteiger charge is -2.27. The van der Waals surface area contributed by atoms with Crippen LogP contribution < -0.4 is 9.64 Å². The Morgan fingerprint density at radius 3 is 2.26 bits per heavy atom. The van der Waals surface area contributed by atoms with E-state index in [1.54, 1.807) is 18.7 Å². The zero-order valence-corrected chi connectivity index (χ0v) is 15.8. The largest absolute Gasteiger partial charge is 0.477 e. The number of allylic oxidation sites excluding steroid dienone is 1. The van der Waals surface area contributed by atoms with Crippen molar-refractivity contribution in [3.05, 3.63) is 35.0 Å². The van der Waals surface area contributed by atoms with E-state index in [0.29, 0.717) is 23.3 Å². The van der Waals surface area contributed by atoms with E-state index in [-0.39, 0.29) is 18.1 Å². The second-order valence-electron chi connectivity index (χ2n) is 5.77. The van der Waals surface area contributed by atoms with Crippen molar-refractivity contribution in [3.8, 4) is 6.01 Å². The van der Waals surface area contributed by atoms with Gasteiger partial charge in [-0.05, 0) is 37.5 Å². The average Bonchev–Trinajstić information content (AvgIpc) is 2.66. The van der Waals surface area contributed by atoms with Crippen molar-refractivity contribution in [1.82, 2.24) is 9.97 Å². The number of benzene rings is 1. The van der Waals surface area contributed by atoms with Gasteiger partial charge in [0.1, 0.15) is 5.82 Å². The zero-order chi connectivity index (χ0) is 20.1. The number of hydrogen-bond acceptors (Lipinski definition) is 6. The van der Waals surface area contributed by atoms with E-state index in [1.807, 2.05) is 25.1 Å². The highest BCUT2D eigenvalue weighted by molar-refractivity contribution is 6.13. The zero-order valence-electron chi connectivity index (χ0n) is 15.8. The summed E-state index contributed by atoms with van der Waals surface area (Å²) in [5.74, 6) is -2.55.